The second-order valence-corrected chi connectivity index (χ2v) is 3.51. The first-order valence-electron chi connectivity index (χ1n) is 5.82. The standard InChI is InChI=1S/C14H14O6/c1-3-19-14(17)11(9-12(15)18-2)20-13(16)10-7-5-4-6-8-10/h4-9H,3H2,1-2H3/b11-9-. The van der Waals surface area contributed by atoms with Crippen LogP contribution in [0.5, 0.6) is 0 Å². The summed E-state index contributed by atoms with van der Waals surface area (Å²) in [4.78, 5) is 34.5. The molecular weight excluding hydrogens is 264 g/mol. The highest BCUT2D eigenvalue weighted by Gasteiger charge is 2.19. The van der Waals surface area contributed by atoms with Gasteiger partial charge >= 0.3 is 17.9 Å². The maximum absolute atomic E-state index is 11.8. The fraction of sp³-hybridized carbons (Fsp3) is 0.214. The largest absolute Gasteiger partial charge is 0.466 e. The van der Waals surface area contributed by atoms with Gasteiger partial charge in [-0.25, -0.2) is 14.4 Å². The number of carbonyl (C=O) groups is 3. The number of methoxy groups -OCH3 is 1. The molecule has 0 aromatic heterocycles. The van der Waals surface area contributed by atoms with E-state index in [1.54, 1.807) is 25.1 Å². The van der Waals surface area contributed by atoms with E-state index in [1.165, 1.54) is 12.1 Å². The van der Waals surface area contributed by atoms with Gasteiger partial charge in [0.1, 0.15) is 0 Å². The smallest absolute Gasteiger partial charge is 0.374 e. The minimum Gasteiger partial charge on any atom is -0.466 e. The number of ether oxygens (including phenoxy) is 3. The van der Waals surface area contributed by atoms with E-state index in [4.69, 9.17) is 9.47 Å². The van der Waals surface area contributed by atoms with Crippen molar-refractivity contribution in [3.63, 3.8) is 0 Å². The van der Waals surface area contributed by atoms with Gasteiger partial charge in [0, 0.05) is 0 Å². The molecule has 1 aromatic rings. The molecule has 20 heavy (non-hydrogen) atoms. The van der Waals surface area contributed by atoms with Gasteiger partial charge in [-0.2, -0.15) is 0 Å². The van der Waals surface area contributed by atoms with E-state index < -0.39 is 23.7 Å². The van der Waals surface area contributed by atoms with Crippen LogP contribution in [0.4, 0.5) is 0 Å². The van der Waals surface area contributed by atoms with Gasteiger partial charge in [0.05, 0.1) is 25.4 Å². The Hall–Kier alpha value is -2.63. The normalized spacial score (nSPS) is 10.6. The molecule has 0 atom stereocenters. The Morgan fingerprint density at radius 3 is 2.35 bits per heavy atom. The Balaban J connectivity index is 2.90. The lowest BCUT2D eigenvalue weighted by molar-refractivity contribution is -0.143. The molecule has 1 rings (SSSR count). The van der Waals surface area contributed by atoms with E-state index in [1.807, 2.05) is 0 Å². The second-order valence-electron chi connectivity index (χ2n) is 3.51. The SMILES string of the molecule is CCOC(=O)/C(=C/C(=O)OC)OC(=O)c1ccccc1. The topological polar surface area (TPSA) is 78.9 Å². The van der Waals surface area contributed by atoms with Crippen LogP contribution in [0, 0.1) is 0 Å². The zero-order chi connectivity index (χ0) is 15.0. The predicted molar refractivity (Wildman–Crippen MR) is 68.6 cm³/mol. The molecule has 0 aliphatic rings. The molecule has 0 aliphatic carbocycles. The third-order valence-corrected chi connectivity index (χ3v) is 2.14. The molecule has 0 radical (unpaired) electrons. The van der Waals surface area contributed by atoms with Crippen LogP contribution in [0.3, 0.4) is 0 Å². The average Bonchev–Trinajstić information content (AvgIpc) is 2.47. The van der Waals surface area contributed by atoms with E-state index in [0.717, 1.165) is 13.2 Å². The van der Waals surface area contributed by atoms with Gasteiger partial charge in [-0.1, -0.05) is 18.2 Å². The van der Waals surface area contributed by atoms with Crippen molar-refractivity contribution in [2.24, 2.45) is 0 Å². The summed E-state index contributed by atoms with van der Waals surface area (Å²) in [5.41, 5.74) is 0.243. The van der Waals surface area contributed by atoms with E-state index >= 15 is 0 Å². The summed E-state index contributed by atoms with van der Waals surface area (Å²) in [6.07, 6.45) is 0.763. The van der Waals surface area contributed by atoms with Crippen molar-refractivity contribution in [1.82, 2.24) is 0 Å². The molecule has 0 N–H and O–H groups in total. The number of benzene rings is 1. The summed E-state index contributed by atoms with van der Waals surface area (Å²) in [5.74, 6) is -3.03. The number of rotatable bonds is 5. The summed E-state index contributed by atoms with van der Waals surface area (Å²) >= 11 is 0. The highest BCUT2D eigenvalue weighted by Crippen LogP contribution is 2.08. The van der Waals surface area contributed by atoms with Gasteiger partial charge in [0.25, 0.3) is 0 Å². The fourth-order valence-corrected chi connectivity index (χ4v) is 1.23. The Labute approximate surface area is 115 Å². The first-order valence-corrected chi connectivity index (χ1v) is 5.82. The van der Waals surface area contributed by atoms with Crippen LogP contribution >= 0.6 is 0 Å². The first kappa shape index (κ1) is 15.4. The third kappa shape index (κ3) is 4.56. The number of hydrogen-bond acceptors (Lipinski definition) is 6. The fourth-order valence-electron chi connectivity index (χ4n) is 1.23. The monoisotopic (exact) mass is 278 g/mol. The zero-order valence-electron chi connectivity index (χ0n) is 11.1. The van der Waals surface area contributed by atoms with Gasteiger partial charge in [-0.15, -0.1) is 0 Å². The van der Waals surface area contributed by atoms with Crippen LogP contribution in [0.2, 0.25) is 0 Å². The molecular formula is C14H14O6. The van der Waals surface area contributed by atoms with Crippen LogP contribution in [0.15, 0.2) is 42.2 Å². The van der Waals surface area contributed by atoms with Gasteiger partial charge in [0.15, 0.2) is 0 Å². The number of hydrogen-bond donors (Lipinski definition) is 0. The molecule has 6 heteroatoms. The van der Waals surface area contributed by atoms with Gasteiger partial charge in [-0.05, 0) is 19.1 Å². The Morgan fingerprint density at radius 2 is 1.80 bits per heavy atom. The predicted octanol–water partition coefficient (Wildman–Crippen LogP) is 1.46. The molecule has 0 amide bonds. The van der Waals surface area contributed by atoms with E-state index in [9.17, 15) is 14.4 Å². The zero-order valence-corrected chi connectivity index (χ0v) is 11.1. The molecule has 0 unspecified atom stereocenters. The Bertz CT molecular complexity index is 518. The highest BCUT2D eigenvalue weighted by atomic mass is 16.6. The number of esters is 3. The van der Waals surface area contributed by atoms with Crippen molar-refractivity contribution < 1.29 is 28.6 Å². The summed E-state index contributed by atoms with van der Waals surface area (Å²) in [6, 6.07) is 8.05. The van der Waals surface area contributed by atoms with E-state index in [0.29, 0.717) is 0 Å². The van der Waals surface area contributed by atoms with Gasteiger partial charge in [0.2, 0.25) is 5.76 Å². The first-order chi connectivity index (χ1) is 9.58. The lowest BCUT2D eigenvalue weighted by Gasteiger charge is -2.07. The third-order valence-electron chi connectivity index (χ3n) is 2.14. The van der Waals surface area contributed by atoms with Crippen molar-refractivity contribution in [2.45, 2.75) is 6.92 Å². The van der Waals surface area contributed by atoms with E-state index in [-0.39, 0.29) is 12.2 Å². The summed E-state index contributed by atoms with van der Waals surface area (Å²) in [6.45, 7) is 1.67. The summed E-state index contributed by atoms with van der Waals surface area (Å²) < 4.78 is 13.9. The molecule has 0 saturated heterocycles. The summed E-state index contributed by atoms with van der Waals surface area (Å²) in [5, 5.41) is 0. The lowest BCUT2D eigenvalue weighted by Crippen LogP contribution is -2.16. The molecule has 0 heterocycles. The Kier molecular flexibility index (Phi) is 5.96. The second kappa shape index (κ2) is 7.73. The van der Waals surface area contributed by atoms with Crippen LogP contribution < -0.4 is 0 Å². The van der Waals surface area contributed by atoms with Crippen molar-refractivity contribution in [1.29, 1.82) is 0 Å². The van der Waals surface area contributed by atoms with E-state index in [2.05, 4.69) is 4.74 Å². The van der Waals surface area contributed by atoms with Gasteiger partial charge < -0.3 is 14.2 Å². The molecule has 6 nitrogen and oxygen atoms in total. The molecule has 0 saturated carbocycles. The van der Waals surface area contributed by atoms with Crippen molar-refractivity contribution in [3.05, 3.63) is 47.7 Å². The van der Waals surface area contributed by atoms with Crippen molar-refractivity contribution in [3.8, 4) is 0 Å². The summed E-state index contributed by atoms with van der Waals surface area (Å²) in [7, 11) is 1.14. The molecule has 0 fully saturated rings. The van der Waals surface area contributed by atoms with Crippen LogP contribution in [0.1, 0.15) is 17.3 Å². The minimum absolute atomic E-state index is 0.0836. The molecule has 1 aromatic carbocycles. The number of carbonyl (C=O) groups excluding carboxylic acids is 3. The Morgan fingerprint density at radius 1 is 1.15 bits per heavy atom. The van der Waals surface area contributed by atoms with Gasteiger partial charge in [-0.3, -0.25) is 0 Å². The van der Waals surface area contributed by atoms with Crippen molar-refractivity contribution in [2.75, 3.05) is 13.7 Å². The van der Waals surface area contributed by atoms with Crippen LogP contribution in [0.25, 0.3) is 0 Å². The highest BCUT2D eigenvalue weighted by molar-refractivity contribution is 5.99. The molecule has 0 aliphatic heterocycles. The van der Waals surface area contributed by atoms with Crippen LogP contribution in [-0.4, -0.2) is 31.6 Å². The molecule has 0 bridgehead atoms. The van der Waals surface area contributed by atoms with Crippen LogP contribution in [-0.2, 0) is 23.8 Å². The maximum atomic E-state index is 11.8. The minimum atomic E-state index is -0.915. The van der Waals surface area contributed by atoms with Crippen molar-refractivity contribution >= 4 is 17.9 Å². The maximum Gasteiger partial charge on any atom is 0.374 e. The molecule has 106 valence electrons. The molecule has 0 spiro atoms. The average molecular weight is 278 g/mol. The lowest BCUT2D eigenvalue weighted by atomic mass is 10.2. The quantitative estimate of drug-likeness (QED) is 0.351.